The van der Waals surface area contributed by atoms with Gasteiger partial charge in [-0.3, -0.25) is 24.0 Å². The van der Waals surface area contributed by atoms with Crippen LogP contribution in [0.2, 0.25) is 0 Å². The van der Waals surface area contributed by atoms with Crippen LogP contribution < -0.4 is 15.2 Å². The summed E-state index contributed by atoms with van der Waals surface area (Å²) in [6.45, 7) is 1.57. The SMILES string of the molecule is Cc1c(N(C(=O)c2cccnc2)S(=O)(=O)c2ccc3c4c(cccc24)C(=O)N3)c(=O)n(-c2ccccc2)n1C. The highest BCUT2D eigenvalue weighted by Crippen LogP contribution is 2.38. The van der Waals surface area contributed by atoms with Crippen molar-refractivity contribution in [1.29, 1.82) is 0 Å². The third-order valence-corrected chi connectivity index (χ3v) is 8.57. The van der Waals surface area contributed by atoms with Crippen molar-refractivity contribution < 1.29 is 18.0 Å². The molecule has 0 aliphatic carbocycles. The van der Waals surface area contributed by atoms with E-state index in [9.17, 15) is 22.8 Å². The average Bonchev–Trinajstić information content (AvgIpc) is 3.38. The van der Waals surface area contributed by atoms with E-state index in [2.05, 4.69) is 10.3 Å². The van der Waals surface area contributed by atoms with E-state index in [0.717, 1.165) is 0 Å². The number of sulfonamides is 1. The highest BCUT2D eigenvalue weighted by atomic mass is 32.2. The van der Waals surface area contributed by atoms with Crippen LogP contribution in [0.25, 0.3) is 16.5 Å². The van der Waals surface area contributed by atoms with Crippen LogP contribution in [0.3, 0.4) is 0 Å². The zero-order valence-corrected chi connectivity index (χ0v) is 21.6. The van der Waals surface area contributed by atoms with Gasteiger partial charge in [0.25, 0.3) is 27.4 Å². The van der Waals surface area contributed by atoms with Gasteiger partial charge in [0.05, 0.1) is 21.8 Å². The van der Waals surface area contributed by atoms with E-state index in [1.165, 1.54) is 46.0 Å². The van der Waals surface area contributed by atoms with Crippen molar-refractivity contribution >= 4 is 44.0 Å². The molecule has 0 saturated heterocycles. The molecule has 1 aliphatic heterocycles. The fourth-order valence-electron chi connectivity index (χ4n) is 4.91. The van der Waals surface area contributed by atoms with Gasteiger partial charge in [-0.25, -0.2) is 13.1 Å². The van der Waals surface area contributed by atoms with Crippen molar-refractivity contribution in [2.45, 2.75) is 11.8 Å². The van der Waals surface area contributed by atoms with E-state index in [1.807, 2.05) is 0 Å². The molecule has 2 aromatic heterocycles. The lowest BCUT2D eigenvalue weighted by Crippen LogP contribution is -2.40. The molecule has 3 aromatic carbocycles. The molecule has 0 spiro atoms. The van der Waals surface area contributed by atoms with Crippen molar-refractivity contribution in [3.63, 3.8) is 0 Å². The van der Waals surface area contributed by atoms with Gasteiger partial charge in [-0.1, -0.05) is 30.3 Å². The van der Waals surface area contributed by atoms with Gasteiger partial charge >= 0.3 is 0 Å². The molecule has 0 saturated carbocycles. The van der Waals surface area contributed by atoms with Gasteiger partial charge in [-0.15, -0.1) is 0 Å². The minimum Gasteiger partial charge on any atom is -0.321 e. The van der Waals surface area contributed by atoms with Crippen molar-refractivity contribution in [3.8, 4) is 5.69 Å². The van der Waals surface area contributed by atoms with Crippen LogP contribution in [0.1, 0.15) is 26.4 Å². The Morgan fingerprint density at radius 1 is 0.949 bits per heavy atom. The molecule has 0 unspecified atom stereocenters. The van der Waals surface area contributed by atoms with Crippen LogP contribution in [-0.4, -0.2) is 34.6 Å². The molecule has 1 N–H and O–H groups in total. The number of nitrogens with one attached hydrogen (secondary N) is 1. The highest BCUT2D eigenvalue weighted by Gasteiger charge is 2.39. The van der Waals surface area contributed by atoms with E-state index in [4.69, 9.17) is 0 Å². The van der Waals surface area contributed by atoms with E-state index in [1.54, 1.807) is 62.5 Å². The molecule has 5 aromatic rings. The number of carbonyl (C=O) groups is 2. The van der Waals surface area contributed by atoms with E-state index >= 15 is 0 Å². The van der Waals surface area contributed by atoms with Gasteiger partial charge < -0.3 is 5.32 Å². The summed E-state index contributed by atoms with van der Waals surface area (Å²) in [7, 11) is -3.08. The van der Waals surface area contributed by atoms with Gasteiger partial charge in [0.1, 0.15) is 5.69 Å². The molecule has 0 fully saturated rings. The number of hydrogen-bond donors (Lipinski definition) is 1. The first kappa shape index (κ1) is 24.3. The maximum atomic E-state index is 14.5. The Balaban J connectivity index is 1.65. The zero-order chi connectivity index (χ0) is 27.5. The molecule has 2 amide bonds. The Morgan fingerprint density at radius 3 is 2.44 bits per heavy atom. The lowest BCUT2D eigenvalue weighted by atomic mass is 10.1. The fourth-order valence-corrected chi connectivity index (χ4v) is 6.57. The molecule has 1 aliphatic rings. The Morgan fingerprint density at radius 2 is 1.72 bits per heavy atom. The number of rotatable bonds is 5. The number of benzene rings is 3. The molecular weight excluding hydrogens is 518 g/mol. The number of amides is 2. The van der Waals surface area contributed by atoms with Crippen LogP contribution in [0.5, 0.6) is 0 Å². The Kier molecular flexibility index (Phi) is 5.47. The topological polar surface area (TPSA) is 123 Å². The summed E-state index contributed by atoms with van der Waals surface area (Å²) in [4.78, 5) is 44.0. The van der Waals surface area contributed by atoms with Gasteiger partial charge in [-0.2, -0.15) is 4.31 Å². The van der Waals surface area contributed by atoms with E-state index < -0.39 is 21.5 Å². The summed E-state index contributed by atoms with van der Waals surface area (Å²) in [5.74, 6) is -1.29. The van der Waals surface area contributed by atoms with Crippen LogP contribution in [0.15, 0.2) is 94.9 Å². The summed E-state index contributed by atoms with van der Waals surface area (Å²) < 4.78 is 32.3. The molecular formula is C28H21N5O5S. The van der Waals surface area contributed by atoms with Gasteiger partial charge in [0, 0.05) is 41.5 Å². The molecule has 0 bridgehead atoms. The fraction of sp³-hybridized carbons (Fsp3) is 0.0714. The van der Waals surface area contributed by atoms with E-state index in [-0.39, 0.29) is 33.1 Å². The first-order valence-electron chi connectivity index (χ1n) is 11.9. The third-order valence-electron chi connectivity index (χ3n) is 6.83. The summed E-state index contributed by atoms with van der Waals surface area (Å²) in [5, 5.41) is 3.42. The predicted molar refractivity (Wildman–Crippen MR) is 146 cm³/mol. The van der Waals surface area contributed by atoms with Gasteiger partial charge in [-0.05, 0) is 49.4 Å². The standard InChI is InChI=1S/C28H21N5O5S/c1-17-25(28(36)32(31(17)2)19-9-4-3-5-10-19)33(27(35)18-8-7-15-29-16-18)39(37,38)23-14-13-22-24-20(23)11-6-12-21(24)26(34)30-22/h3-16H,1-2H3,(H,30,34). The normalized spacial score (nSPS) is 12.5. The lowest BCUT2D eigenvalue weighted by molar-refractivity contribution is 0.100. The maximum absolute atomic E-state index is 14.5. The van der Waals surface area contributed by atoms with Crippen LogP contribution in [-0.2, 0) is 17.1 Å². The number of pyridine rings is 1. The number of para-hydroxylation sites is 1. The van der Waals surface area contributed by atoms with Crippen molar-refractivity contribution in [2.75, 3.05) is 9.62 Å². The number of carbonyl (C=O) groups excluding carboxylic acids is 2. The summed E-state index contributed by atoms with van der Waals surface area (Å²) >= 11 is 0. The molecule has 10 nitrogen and oxygen atoms in total. The van der Waals surface area contributed by atoms with Crippen LogP contribution in [0, 0.1) is 6.92 Å². The average molecular weight is 540 g/mol. The Labute approximate surface area is 222 Å². The number of hydrogen-bond acceptors (Lipinski definition) is 6. The summed E-state index contributed by atoms with van der Waals surface area (Å²) in [5.41, 5.74) is 0.534. The van der Waals surface area contributed by atoms with Crippen LogP contribution in [0.4, 0.5) is 11.4 Å². The van der Waals surface area contributed by atoms with Crippen molar-refractivity contribution in [2.24, 2.45) is 7.05 Å². The Hall–Kier alpha value is -5.03. The zero-order valence-electron chi connectivity index (χ0n) is 20.8. The third kappa shape index (κ3) is 3.58. The Bertz CT molecular complexity index is 1980. The summed E-state index contributed by atoms with van der Waals surface area (Å²) in [6, 6.07) is 19.2. The second-order valence-electron chi connectivity index (χ2n) is 9.02. The van der Waals surface area contributed by atoms with Crippen LogP contribution >= 0.6 is 0 Å². The monoisotopic (exact) mass is 539 g/mol. The molecule has 0 radical (unpaired) electrons. The molecule has 11 heteroatoms. The minimum atomic E-state index is -4.69. The maximum Gasteiger partial charge on any atom is 0.296 e. The number of aromatic nitrogens is 3. The number of anilines is 2. The number of nitrogens with zero attached hydrogens (tertiary/aromatic N) is 4. The molecule has 6 rings (SSSR count). The second kappa shape index (κ2) is 8.77. The molecule has 3 heterocycles. The summed E-state index contributed by atoms with van der Waals surface area (Å²) in [6.07, 6.45) is 2.70. The quantitative estimate of drug-likeness (QED) is 0.364. The molecule has 39 heavy (non-hydrogen) atoms. The largest absolute Gasteiger partial charge is 0.321 e. The predicted octanol–water partition coefficient (Wildman–Crippen LogP) is 3.63. The first-order valence-corrected chi connectivity index (χ1v) is 13.4. The molecule has 0 atom stereocenters. The first-order chi connectivity index (χ1) is 18.7. The van der Waals surface area contributed by atoms with E-state index in [0.29, 0.717) is 26.6 Å². The van der Waals surface area contributed by atoms with Gasteiger partial charge in [0.2, 0.25) is 0 Å². The smallest absolute Gasteiger partial charge is 0.296 e. The van der Waals surface area contributed by atoms with Crippen molar-refractivity contribution in [3.05, 3.63) is 112 Å². The highest BCUT2D eigenvalue weighted by molar-refractivity contribution is 7.93. The minimum absolute atomic E-state index is 0.0160. The molecule has 194 valence electrons. The lowest BCUT2D eigenvalue weighted by Gasteiger charge is -2.22. The van der Waals surface area contributed by atoms with Crippen molar-refractivity contribution in [1.82, 2.24) is 14.3 Å². The van der Waals surface area contributed by atoms with Gasteiger partial charge in [0.15, 0.2) is 0 Å². The second-order valence-corrected chi connectivity index (χ2v) is 10.8.